The molecule has 0 fully saturated rings. The van der Waals surface area contributed by atoms with Gasteiger partial charge in [0.15, 0.2) is 0 Å². The molecular formula is C22H19N3O. The lowest BCUT2D eigenvalue weighted by atomic mass is 10.1. The van der Waals surface area contributed by atoms with Crippen LogP contribution in [-0.2, 0) is 20.1 Å². The second-order valence-electron chi connectivity index (χ2n) is 6.85. The predicted molar refractivity (Wildman–Crippen MR) is 103 cm³/mol. The second-order valence-corrected chi connectivity index (χ2v) is 6.85. The van der Waals surface area contributed by atoms with Crippen LogP contribution in [0.1, 0.15) is 21.6 Å². The Hall–Kier alpha value is -3.27. The summed E-state index contributed by atoms with van der Waals surface area (Å²) in [6, 6.07) is 20.3. The highest BCUT2D eigenvalue weighted by Gasteiger charge is 2.24. The van der Waals surface area contributed by atoms with E-state index in [9.17, 15) is 4.79 Å². The Bertz CT molecular complexity index is 1140. The number of para-hydroxylation sites is 1. The van der Waals surface area contributed by atoms with E-state index < -0.39 is 0 Å². The molecule has 0 saturated heterocycles. The van der Waals surface area contributed by atoms with E-state index in [4.69, 9.17) is 0 Å². The largest absolute Gasteiger partial charge is 0.351 e. The van der Waals surface area contributed by atoms with Gasteiger partial charge in [0.25, 0.3) is 5.91 Å². The van der Waals surface area contributed by atoms with Crippen molar-refractivity contribution in [2.24, 2.45) is 7.05 Å². The van der Waals surface area contributed by atoms with Gasteiger partial charge in [-0.05, 0) is 48.0 Å². The van der Waals surface area contributed by atoms with E-state index in [1.807, 2.05) is 66.7 Å². The highest BCUT2D eigenvalue weighted by molar-refractivity contribution is 6.08. The molecular weight excluding hydrogens is 322 g/mol. The van der Waals surface area contributed by atoms with E-state index in [1.165, 1.54) is 0 Å². The van der Waals surface area contributed by atoms with Crippen LogP contribution in [0.25, 0.3) is 10.9 Å². The normalized spacial score (nSPS) is 13.3. The molecule has 0 bridgehead atoms. The molecule has 5 rings (SSSR count). The van der Waals surface area contributed by atoms with Crippen molar-refractivity contribution in [3.63, 3.8) is 0 Å². The van der Waals surface area contributed by atoms with Gasteiger partial charge in [0.1, 0.15) is 0 Å². The Kier molecular flexibility index (Phi) is 3.25. The number of benzene rings is 2. The zero-order valence-electron chi connectivity index (χ0n) is 14.6. The summed E-state index contributed by atoms with van der Waals surface area (Å²) in [5.41, 5.74) is 5.16. The summed E-state index contributed by atoms with van der Waals surface area (Å²) in [4.78, 5) is 15.3. The van der Waals surface area contributed by atoms with Gasteiger partial charge >= 0.3 is 0 Å². The van der Waals surface area contributed by atoms with Crippen molar-refractivity contribution in [2.45, 2.75) is 13.1 Å². The van der Waals surface area contributed by atoms with E-state index in [2.05, 4.69) is 27.5 Å². The third-order valence-electron chi connectivity index (χ3n) is 5.24. The molecule has 1 aliphatic heterocycles. The molecule has 4 nitrogen and oxygen atoms in total. The summed E-state index contributed by atoms with van der Waals surface area (Å²) >= 11 is 0. The molecule has 2 aromatic carbocycles. The van der Waals surface area contributed by atoms with Gasteiger partial charge in [-0.25, -0.2) is 0 Å². The molecule has 4 heteroatoms. The first-order valence-corrected chi connectivity index (χ1v) is 8.79. The average Bonchev–Trinajstić information content (AvgIpc) is 3.22. The molecule has 4 aromatic rings. The second kappa shape index (κ2) is 5.63. The number of fused-ring (bicyclic) bond motifs is 3. The molecule has 1 aliphatic rings. The van der Waals surface area contributed by atoms with Crippen molar-refractivity contribution in [1.82, 2.24) is 9.13 Å². The molecule has 26 heavy (non-hydrogen) atoms. The van der Waals surface area contributed by atoms with Crippen LogP contribution in [0.4, 0.5) is 5.69 Å². The topological polar surface area (TPSA) is 30.2 Å². The number of aryl methyl sites for hydroxylation is 1. The summed E-state index contributed by atoms with van der Waals surface area (Å²) < 4.78 is 4.28. The number of hydrogen-bond acceptors (Lipinski definition) is 1. The minimum absolute atomic E-state index is 0.0397. The molecule has 1 amide bonds. The maximum absolute atomic E-state index is 13.4. The summed E-state index contributed by atoms with van der Waals surface area (Å²) in [6.07, 6.45) is 4.10. The van der Waals surface area contributed by atoms with E-state index in [1.54, 1.807) is 0 Å². The van der Waals surface area contributed by atoms with Gasteiger partial charge in [0.05, 0.1) is 6.54 Å². The molecule has 128 valence electrons. The molecule has 0 radical (unpaired) electrons. The van der Waals surface area contributed by atoms with Crippen LogP contribution in [0.15, 0.2) is 73.1 Å². The molecule has 2 aromatic heterocycles. The highest BCUT2D eigenvalue weighted by atomic mass is 16.2. The Morgan fingerprint density at radius 1 is 0.923 bits per heavy atom. The molecule has 0 saturated carbocycles. The summed E-state index contributed by atoms with van der Waals surface area (Å²) in [7, 11) is 2.02. The third-order valence-corrected chi connectivity index (χ3v) is 5.24. The standard InChI is InChI=1S/C22H19N3O/c1-23-12-10-16-13-17(8-9-20(16)23)22(26)25-15-19-6-4-11-24(19)14-18-5-2-3-7-21(18)25/h2-13H,14-15H2,1H3. The van der Waals surface area contributed by atoms with Gasteiger partial charge in [-0.15, -0.1) is 0 Å². The SMILES string of the molecule is Cn1ccc2cc(C(=O)N3Cc4cccn4Cc4ccccc43)ccc21. The van der Waals surface area contributed by atoms with Gasteiger partial charge in [-0.2, -0.15) is 0 Å². The van der Waals surface area contributed by atoms with Crippen LogP contribution in [0.2, 0.25) is 0 Å². The van der Waals surface area contributed by atoms with Crippen molar-refractivity contribution in [3.05, 3.63) is 89.9 Å². The first kappa shape index (κ1) is 15.0. The zero-order valence-corrected chi connectivity index (χ0v) is 14.6. The minimum atomic E-state index is 0.0397. The van der Waals surface area contributed by atoms with Crippen LogP contribution < -0.4 is 4.90 Å². The Balaban J connectivity index is 1.62. The fourth-order valence-corrected chi connectivity index (χ4v) is 3.84. The third kappa shape index (κ3) is 2.26. The summed E-state index contributed by atoms with van der Waals surface area (Å²) in [5, 5.41) is 1.09. The highest BCUT2D eigenvalue weighted by Crippen LogP contribution is 2.29. The Labute approximate surface area is 151 Å². The smallest absolute Gasteiger partial charge is 0.258 e. The number of carbonyl (C=O) groups excluding carboxylic acids is 1. The quantitative estimate of drug-likeness (QED) is 0.511. The molecule has 0 spiro atoms. The van der Waals surface area contributed by atoms with E-state index >= 15 is 0 Å². The summed E-state index contributed by atoms with van der Waals surface area (Å²) in [6.45, 7) is 1.37. The maximum Gasteiger partial charge on any atom is 0.258 e. The lowest BCUT2D eigenvalue weighted by molar-refractivity contribution is 0.0985. The van der Waals surface area contributed by atoms with Crippen molar-refractivity contribution in [1.29, 1.82) is 0 Å². The first-order chi connectivity index (χ1) is 12.7. The predicted octanol–water partition coefficient (Wildman–Crippen LogP) is 4.19. The molecule has 0 unspecified atom stereocenters. The van der Waals surface area contributed by atoms with Crippen molar-refractivity contribution in [3.8, 4) is 0 Å². The number of rotatable bonds is 1. The zero-order chi connectivity index (χ0) is 17.7. The van der Waals surface area contributed by atoms with Gasteiger partial charge in [-0.1, -0.05) is 18.2 Å². The number of hydrogen-bond donors (Lipinski definition) is 0. The van der Waals surface area contributed by atoms with Gasteiger partial charge < -0.3 is 14.0 Å². The fourth-order valence-electron chi connectivity index (χ4n) is 3.84. The van der Waals surface area contributed by atoms with Crippen LogP contribution in [-0.4, -0.2) is 15.0 Å². The van der Waals surface area contributed by atoms with Gasteiger partial charge in [0.2, 0.25) is 0 Å². The number of aromatic nitrogens is 2. The van der Waals surface area contributed by atoms with Crippen LogP contribution >= 0.6 is 0 Å². The van der Waals surface area contributed by atoms with Crippen molar-refractivity contribution in [2.75, 3.05) is 4.90 Å². The van der Waals surface area contributed by atoms with E-state index in [0.717, 1.165) is 40.0 Å². The number of nitrogens with zero attached hydrogens (tertiary/aromatic N) is 3. The Morgan fingerprint density at radius 2 is 1.81 bits per heavy atom. The van der Waals surface area contributed by atoms with Crippen molar-refractivity contribution < 1.29 is 4.79 Å². The molecule has 0 aliphatic carbocycles. The van der Waals surface area contributed by atoms with Gasteiger partial charge in [-0.3, -0.25) is 4.79 Å². The number of anilines is 1. The average molecular weight is 341 g/mol. The van der Waals surface area contributed by atoms with Gasteiger partial charge in [0, 0.05) is 53.8 Å². The van der Waals surface area contributed by atoms with Crippen molar-refractivity contribution >= 4 is 22.5 Å². The van der Waals surface area contributed by atoms with E-state index in [0.29, 0.717) is 6.54 Å². The maximum atomic E-state index is 13.4. The molecule has 0 N–H and O–H groups in total. The Morgan fingerprint density at radius 3 is 2.73 bits per heavy atom. The lowest BCUT2D eigenvalue weighted by Gasteiger charge is -2.23. The van der Waals surface area contributed by atoms with Crippen LogP contribution in [0.3, 0.4) is 0 Å². The fraction of sp³-hybridized carbons (Fsp3) is 0.136. The lowest BCUT2D eigenvalue weighted by Crippen LogP contribution is -2.30. The van der Waals surface area contributed by atoms with E-state index in [-0.39, 0.29) is 5.91 Å². The monoisotopic (exact) mass is 341 g/mol. The molecule has 0 atom stereocenters. The summed E-state index contributed by atoms with van der Waals surface area (Å²) in [5.74, 6) is 0.0397. The first-order valence-electron chi connectivity index (χ1n) is 8.79. The number of carbonyl (C=O) groups is 1. The van der Waals surface area contributed by atoms with Crippen LogP contribution in [0, 0.1) is 0 Å². The molecule has 3 heterocycles. The number of amides is 1. The minimum Gasteiger partial charge on any atom is -0.351 e. The van der Waals surface area contributed by atoms with Crippen LogP contribution in [0.5, 0.6) is 0 Å².